The molecule has 116 valence electrons. The van der Waals surface area contributed by atoms with Gasteiger partial charge >= 0.3 is 0 Å². The van der Waals surface area contributed by atoms with Crippen molar-refractivity contribution in [3.05, 3.63) is 41.2 Å². The molecule has 1 aromatic heterocycles. The van der Waals surface area contributed by atoms with Crippen LogP contribution in [0, 0.1) is 0 Å². The average molecular weight is 322 g/mol. The molecule has 1 aliphatic rings. The molecule has 0 aliphatic carbocycles. The Kier molecular flexibility index (Phi) is 4.48. The van der Waals surface area contributed by atoms with E-state index in [0.29, 0.717) is 41.8 Å². The highest BCUT2D eigenvalue weighted by atomic mass is 35.5. The fraction of sp³-hybridized carbons (Fsp3) is 0.333. The van der Waals surface area contributed by atoms with Gasteiger partial charge in [0.2, 0.25) is 0 Å². The molecule has 0 spiro atoms. The van der Waals surface area contributed by atoms with Crippen molar-refractivity contribution in [3.63, 3.8) is 0 Å². The van der Waals surface area contributed by atoms with Crippen LogP contribution in [0.25, 0.3) is 0 Å². The maximum Gasteiger partial charge on any atom is 0.251 e. The van der Waals surface area contributed by atoms with Crippen molar-refractivity contribution in [2.45, 2.75) is 13.0 Å². The Hall–Kier alpha value is -2.21. The van der Waals surface area contributed by atoms with Crippen LogP contribution in [0.15, 0.2) is 30.6 Å². The van der Waals surface area contributed by atoms with Gasteiger partial charge in [-0.2, -0.15) is 5.10 Å². The summed E-state index contributed by atoms with van der Waals surface area (Å²) in [7, 11) is 0. The Morgan fingerprint density at radius 3 is 3.05 bits per heavy atom. The summed E-state index contributed by atoms with van der Waals surface area (Å²) < 4.78 is 12.7. The number of fused-ring (bicyclic) bond motifs is 1. The smallest absolute Gasteiger partial charge is 0.251 e. The molecule has 1 N–H and O–H groups in total. The van der Waals surface area contributed by atoms with Gasteiger partial charge in [0.05, 0.1) is 5.02 Å². The Balaban J connectivity index is 1.56. The number of nitrogens with zero attached hydrogens (tertiary/aromatic N) is 2. The van der Waals surface area contributed by atoms with E-state index in [4.69, 9.17) is 21.1 Å². The summed E-state index contributed by atoms with van der Waals surface area (Å²) >= 11 is 6.12. The minimum Gasteiger partial charge on any atom is -0.486 e. The molecule has 2 aromatic rings. The Labute approximate surface area is 133 Å². The van der Waals surface area contributed by atoms with Crippen LogP contribution in [0.5, 0.6) is 11.5 Å². The van der Waals surface area contributed by atoms with Gasteiger partial charge in [0.1, 0.15) is 13.2 Å². The van der Waals surface area contributed by atoms with Gasteiger partial charge in [0.15, 0.2) is 11.5 Å². The van der Waals surface area contributed by atoms with E-state index >= 15 is 0 Å². The lowest BCUT2D eigenvalue weighted by Crippen LogP contribution is -2.26. The van der Waals surface area contributed by atoms with E-state index in [1.807, 2.05) is 16.9 Å². The fourth-order valence-electron chi connectivity index (χ4n) is 2.22. The third kappa shape index (κ3) is 3.33. The van der Waals surface area contributed by atoms with Crippen LogP contribution < -0.4 is 14.8 Å². The molecule has 0 bridgehead atoms. The molecular weight excluding hydrogens is 306 g/mol. The number of aromatic nitrogens is 2. The molecular formula is C15H16ClN3O3. The fourth-order valence-corrected chi connectivity index (χ4v) is 2.48. The average Bonchev–Trinajstić information content (AvgIpc) is 3.04. The molecule has 0 saturated carbocycles. The van der Waals surface area contributed by atoms with Crippen molar-refractivity contribution in [2.24, 2.45) is 0 Å². The molecule has 1 aliphatic heterocycles. The van der Waals surface area contributed by atoms with Crippen molar-refractivity contribution >= 4 is 17.5 Å². The van der Waals surface area contributed by atoms with Gasteiger partial charge in [0.25, 0.3) is 5.91 Å². The first kappa shape index (κ1) is 14.7. The first-order valence-electron chi connectivity index (χ1n) is 7.09. The monoisotopic (exact) mass is 321 g/mol. The van der Waals surface area contributed by atoms with Crippen molar-refractivity contribution in [1.29, 1.82) is 0 Å². The predicted octanol–water partition coefficient (Wildman–Crippen LogP) is 2.13. The van der Waals surface area contributed by atoms with Crippen LogP contribution in [-0.4, -0.2) is 35.4 Å². The van der Waals surface area contributed by atoms with Crippen molar-refractivity contribution in [3.8, 4) is 11.5 Å². The summed E-state index contributed by atoms with van der Waals surface area (Å²) in [6.45, 7) is 2.24. The molecule has 2 heterocycles. The molecule has 1 amide bonds. The van der Waals surface area contributed by atoms with E-state index < -0.39 is 0 Å². The maximum absolute atomic E-state index is 12.2. The van der Waals surface area contributed by atoms with Crippen molar-refractivity contribution < 1.29 is 14.3 Å². The lowest BCUT2D eigenvalue weighted by molar-refractivity contribution is 0.0951. The number of hydrogen-bond acceptors (Lipinski definition) is 4. The van der Waals surface area contributed by atoms with Gasteiger partial charge in [0, 0.05) is 31.0 Å². The molecule has 3 rings (SSSR count). The standard InChI is InChI=1S/C15H16ClN3O3/c16-12-9-11(10-13-14(12)22-8-7-21-13)15(20)17-3-1-5-19-6-2-4-18-19/h2,4,6,9-10H,1,3,5,7-8H2,(H,17,20). The number of halogens is 1. The quantitative estimate of drug-likeness (QED) is 0.857. The zero-order valence-corrected chi connectivity index (χ0v) is 12.7. The number of amides is 1. The molecule has 1 aromatic carbocycles. The number of carbonyl (C=O) groups is 1. The van der Waals surface area contributed by atoms with Crippen LogP contribution in [0.3, 0.4) is 0 Å². The summed E-state index contributed by atoms with van der Waals surface area (Å²) in [5.74, 6) is 0.836. The second-order valence-corrected chi connectivity index (χ2v) is 5.27. The first-order valence-corrected chi connectivity index (χ1v) is 7.46. The summed E-state index contributed by atoms with van der Waals surface area (Å²) in [6, 6.07) is 5.12. The largest absolute Gasteiger partial charge is 0.486 e. The summed E-state index contributed by atoms with van der Waals surface area (Å²) in [5, 5.41) is 7.36. The normalized spacial score (nSPS) is 13.0. The van der Waals surface area contributed by atoms with Gasteiger partial charge in [-0.25, -0.2) is 0 Å². The number of benzene rings is 1. The molecule has 22 heavy (non-hydrogen) atoms. The molecule has 6 nitrogen and oxygen atoms in total. The van der Waals surface area contributed by atoms with Gasteiger partial charge < -0.3 is 14.8 Å². The number of ether oxygens (including phenoxy) is 2. The summed E-state index contributed by atoms with van der Waals surface area (Å²) in [6.07, 6.45) is 4.42. The topological polar surface area (TPSA) is 65.4 Å². The lowest BCUT2D eigenvalue weighted by Gasteiger charge is -2.20. The van der Waals surface area contributed by atoms with Gasteiger partial charge in [-0.05, 0) is 24.6 Å². The minimum absolute atomic E-state index is 0.181. The van der Waals surface area contributed by atoms with Gasteiger partial charge in [-0.15, -0.1) is 0 Å². The third-order valence-electron chi connectivity index (χ3n) is 3.27. The van der Waals surface area contributed by atoms with E-state index in [2.05, 4.69) is 10.4 Å². The maximum atomic E-state index is 12.2. The van der Waals surface area contributed by atoms with Crippen LogP contribution in [0.4, 0.5) is 0 Å². The van der Waals surface area contributed by atoms with Crippen LogP contribution in [-0.2, 0) is 6.54 Å². The number of nitrogens with one attached hydrogen (secondary N) is 1. The zero-order chi connectivity index (χ0) is 15.4. The summed E-state index contributed by atoms with van der Waals surface area (Å²) in [5.41, 5.74) is 0.466. The van der Waals surface area contributed by atoms with Gasteiger partial charge in [-0.1, -0.05) is 11.6 Å². The molecule has 0 radical (unpaired) electrons. The predicted molar refractivity (Wildman–Crippen MR) is 81.6 cm³/mol. The highest BCUT2D eigenvalue weighted by Gasteiger charge is 2.19. The van der Waals surface area contributed by atoms with Crippen LogP contribution in [0.2, 0.25) is 5.02 Å². The second kappa shape index (κ2) is 6.70. The molecule has 7 heteroatoms. The van der Waals surface area contributed by atoms with Crippen molar-refractivity contribution in [2.75, 3.05) is 19.8 Å². The van der Waals surface area contributed by atoms with E-state index in [-0.39, 0.29) is 5.91 Å². The van der Waals surface area contributed by atoms with Gasteiger partial charge in [-0.3, -0.25) is 9.48 Å². The highest BCUT2D eigenvalue weighted by molar-refractivity contribution is 6.32. The molecule has 0 atom stereocenters. The van der Waals surface area contributed by atoms with E-state index in [1.54, 1.807) is 18.3 Å². The Bertz CT molecular complexity index is 658. The molecule has 0 fully saturated rings. The third-order valence-corrected chi connectivity index (χ3v) is 3.55. The van der Waals surface area contributed by atoms with E-state index in [0.717, 1.165) is 13.0 Å². The number of aryl methyl sites for hydroxylation is 1. The van der Waals surface area contributed by atoms with Crippen molar-refractivity contribution in [1.82, 2.24) is 15.1 Å². The minimum atomic E-state index is -0.181. The summed E-state index contributed by atoms with van der Waals surface area (Å²) in [4.78, 5) is 12.2. The number of hydrogen-bond donors (Lipinski definition) is 1. The molecule has 0 saturated heterocycles. The van der Waals surface area contributed by atoms with Crippen LogP contribution in [0.1, 0.15) is 16.8 Å². The molecule has 0 unspecified atom stereocenters. The Morgan fingerprint density at radius 2 is 2.23 bits per heavy atom. The highest BCUT2D eigenvalue weighted by Crippen LogP contribution is 2.38. The van der Waals surface area contributed by atoms with E-state index in [1.165, 1.54) is 0 Å². The number of rotatable bonds is 5. The first-order chi connectivity index (χ1) is 10.7. The zero-order valence-electron chi connectivity index (χ0n) is 11.9. The van der Waals surface area contributed by atoms with Crippen LogP contribution >= 0.6 is 11.6 Å². The van der Waals surface area contributed by atoms with E-state index in [9.17, 15) is 4.79 Å². The lowest BCUT2D eigenvalue weighted by atomic mass is 10.1. The Morgan fingerprint density at radius 1 is 1.36 bits per heavy atom. The SMILES string of the molecule is O=C(NCCCn1cccn1)c1cc(Cl)c2c(c1)OCCO2. The second-order valence-electron chi connectivity index (χ2n) is 4.86. The number of carbonyl (C=O) groups excluding carboxylic acids is 1.